The van der Waals surface area contributed by atoms with Crippen LogP contribution >= 0.6 is 0 Å². The first kappa shape index (κ1) is 11.7. The number of phenols is 2. The second kappa shape index (κ2) is 4.73. The molecule has 0 aliphatic heterocycles. The molecule has 0 spiro atoms. The van der Waals surface area contributed by atoms with E-state index >= 15 is 0 Å². The predicted molar refractivity (Wildman–Crippen MR) is 42.3 cm³/mol. The molecule has 0 saturated carbocycles. The minimum Gasteiger partial charge on any atom is -0.504 e. The van der Waals surface area contributed by atoms with Crippen LogP contribution in [-0.2, 0) is 0 Å². The maximum atomic E-state index is 8.67. The van der Waals surface area contributed by atoms with Crippen LogP contribution in [0.4, 0.5) is 0 Å². The summed E-state index contributed by atoms with van der Waals surface area (Å²) >= 11 is 0. The molecule has 0 aliphatic carbocycles. The fraction of sp³-hybridized carbons (Fsp3) is 0.143. The molecule has 3 radical (unpaired) electrons. The summed E-state index contributed by atoms with van der Waals surface area (Å²) in [7, 11) is 0. The molecule has 2 nitrogen and oxygen atoms in total. The van der Waals surface area contributed by atoms with Gasteiger partial charge in [0.1, 0.15) is 0 Å². The Morgan fingerprint density at radius 3 is 1.40 bits per heavy atom. The number of rotatable bonds is 0. The van der Waals surface area contributed by atoms with Crippen molar-refractivity contribution in [3.8, 4) is 11.5 Å². The van der Waals surface area contributed by atoms with Crippen molar-refractivity contribution in [3.05, 3.63) is 24.3 Å². The summed E-state index contributed by atoms with van der Waals surface area (Å²) in [5, 5.41) is 17.3. The number of aromatic hydroxyl groups is 2. The average Bonchev–Trinajstić information content (AvgIpc) is 1.77. The third-order valence-corrected chi connectivity index (χ3v) is 0.882. The van der Waals surface area contributed by atoms with E-state index in [9.17, 15) is 0 Å². The van der Waals surface area contributed by atoms with Crippen LogP contribution in [0.25, 0.3) is 0 Å². The maximum absolute atomic E-state index is 8.67. The van der Waals surface area contributed by atoms with Crippen molar-refractivity contribution in [1.29, 1.82) is 0 Å². The molecule has 53 valence electrons. The molecule has 0 saturated heterocycles. The van der Waals surface area contributed by atoms with Gasteiger partial charge in [-0.15, -0.1) is 0 Å². The van der Waals surface area contributed by atoms with Gasteiger partial charge in [-0.3, -0.25) is 0 Å². The highest BCUT2D eigenvalue weighted by Gasteiger charge is 1.90. The molecule has 0 bridgehead atoms. The molecule has 1 aromatic rings. The fourth-order valence-corrected chi connectivity index (χ4v) is 0.464. The van der Waals surface area contributed by atoms with E-state index in [1.54, 1.807) is 12.1 Å². The number of hydrogen-bond donors (Lipinski definition) is 2. The Morgan fingerprint density at radius 2 is 1.20 bits per heavy atom. The Morgan fingerprint density at radius 1 is 0.900 bits per heavy atom. The number of phenolic OH excluding ortho intramolecular Hbond substituents is 2. The predicted octanol–water partition coefficient (Wildman–Crippen LogP) is 1.35. The Labute approximate surface area is 62.7 Å². The second-order valence-corrected chi connectivity index (χ2v) is 1.49. The van der Waals surface area contributed by atoms with Crippen LogP contribution < -0.4 is 0 Å². The summed E-state index contributed by atoms with van der Waals surface area (Å²) in [5.74, 6) is -0.153. The van der Waals surface area contributed by atoms with Crippen molar-refractivity contribution in [2.75, 3.05) is 0 Å². The largest absolute Gasteiger partial charge is 0.504 e. The maximum Gasteiger partial charge on any atom is 0.157 e. The van der Waals surface area contributed by atoms with Crippen LogP contribution in [0.15, 0.2) is 24.3 Å². The standard InChI is InChI=1S/C6H6O2.CH4.B/c7-5-3-1-2-4-6(5)8;;/h1-4,7-8H;1H4;. The van der Waals surface area contributed by atoms with E-state index in [0.29, 0.717) is 0 Å². The van der Waals surface area contributed by atoms with Gasteiger partial charge in [-0.2, -0.15) is 0 Å². The lowest BCUT2D eigenvalue weighted by molar-refractivity contribution is 0.404. The van der Waals surface area contributed by atoms with Crippen LogP contribution in [0.1, 0.15) is 7.43 Å². The first-order chi connectivity index (χ1) is 3.80. The lowest BCUT2D eigenvalue weighted by Crippen LogP contribution is -1.63. The highest BCUT2D eigenvalue weighted by Crippen LogP contribution is 2.21. The van der Waals surface area contributed by atoms with E-state index in [4.69, 9.17) is 10.2 Å². The molecule has 0 unspecified atom stereocenters. The van der Waals surface area contributed by atoms with Gasteiger partial charge in [-0.1, -0.05) is 19.6 Å². The van der Waals surface area contributed by atoms with Crippen LogP contribution in [0, 0.1) is 0 Å². The van der Waals surface area contributed by atoms with E-state index < -0.39 is 0 Å². The van der Waals surface area contributed by atoms with Gasteiger partial charge >= 0.3 is 0 Å². The van der Waals surface area contributed by atoms with Crippen LogP contribution in [-0.4, -0.2) is 18.6 Å². The van der Waals surface area contributed by atoms with Gasteiger partial charge < -0.3 is 10.2 Å². The van der Waals surface area contributed by atoms with Crippen molar-refractivity contribution < 1.29 is 10.2 Å². The molecule has 10 heavy (non-hydrogen) atoms. The molecule has 1 aromatic carbocycles. The molecule has 2 N–H and O–H groups in total. The van der Waals surface area contributed by atoms with Gasteiger partial charge in [0.2, 0.25) is 0 Å². The van der Waals surface area contributed by atoms with Crippen molar-refractivity contribution in [1.82, 2.24) is 0 Å². The Kier molecular flexibility index (Phi) is 5.52. The highest BCUT2D eigenvalue weighted by molar-refractivity contribution is 5.75. The average molecular weight is 137 g/mol. The minimum atomic E-state index is -0.0764. The molecule has 1 rings (SSSR count). The zero-order valence-electron chi connectivity index (χ0n) is 4.78. The van der Waals surface area contributed by atoms with Gasteiger partial charge in [-0.05, 0) is 12.1 Å². The normalized spacial score (nSPS) is 7.20. The fourth-order valence-electron chi connectivity index (χ4n) is 0.464. The second-order valence-electron chi connectivity index (χ2n) is 1.49. The molecule has 0 atom stereocenters. The summed E-state index contributed by atoms with van der Waals surface area (Å²) in [6.07, 6.45) is 0. The minimum absolute atomic E-state index is 0. The summed E-state index contributed by atoms with van der Waals surface area (Å²) in [4.78, 5) is 0. The van der Waals surface area contributed by atoms with Gasteiger partial charge in [0.25, 0.3) is 0 Å². The summed E-state index contributed by atoms with van der Waals surface area (Å²) in [5.41, 5.74) is 0. The monoisotopic (exact) mass is 137 g/mol. The Hall–Kier alpha value is -1.12. The summed E-state index contributed by atoms with van der Waals surface area (Å²) in [6, 6.07) is 6.15. The van der Waals surface area contributed by atoms with Crippen LogP contribution in [0.5, 0.6) is 11.5 Å². The zero-order chi connectivity index (χ0) is 5.98. The SMILES string of the molecule is C.Oc1ccccc1O.[B]. The topological polar surface area (TPSA) is 40.5 Å². The van der Waals surface area contributed by atoms with E-state index in [0.717, 1.165) is 0 Å². The summed E-state index contributed by atoms with van der Waals surface area (Å²) in [6.45, 7) is 0. The van der Waals surface area contributed by atoms with Crippen molar-refractivity contribution in [2.24, 2.45) is 0 Å². The van der Waals surface area contributed by atoms with E-state index in [1.807, 2.05) is 0 Å². The highest BCUT2D eigenvalue weighted by atomic mass is 16.3. The van der Waals surface area contributed by atoms with Gasteiger partial charge in [0, 0.05) is 8.41 Å². The Bertz CT molecular complexity index is 168. The first-order valence-electron chi connectivity index (χ1n) is 2.27. The number of para-hydroxylation sites is 2. The number of benzene rings is 1. The molecule has 3 heteroatoms. The smallest absolute Gasteiger partial charge is 0.157 e. The Balaban J connectivity index is 0. The first-order valence-corrected chi connectivity index (χ1v) is 2.27. The van der Waals surface area contributed by atoms with E-state index in [2.05, 4.69) is 0 Å². The third kappa shape index (κ3) is 2.44. The number of hydrogen-bond acceptors (Lipinski definition) is 2. The van der Waals surface area contributed by atoms with Crippen molar-refractivity contribution in [3.63, 3.8) is 0 Å². The molecule has 0 heterocycles. The van der Waals surface area contributed by atoms with Crippen LogP contribution in [0.3, 0.4) is 0 Å². The quantitative estimate of drug-likeness (QED) is 0.418. The molecule has 0 amide bonds. The lowest BCUT2D eigenvalue weighted by atomic mass is 10.3. The zero-order valence-corrected chi connectivity index (χ0v) is 4.78. The van der Waals surface area contributed by atoms with Gasteiger partial charge in [-0.25, -0.2) is 0 Å². The van der Waals surface area contributed by atoms with Gasteiger partial charge in [0.15, 0.2) is 11.5 Å². The van der Waals surface area contributed by atoms with Gasteiger partial charge in [0.05, 0.1) is 0 Å². The third-order valence-electron chi connectivity index (χ3n) is 0.882. The molecular formula is C7H10BO2. The van der Waals surface area contributed by atoms with E-state index in [-0.39, 0.29) is 27.3 Å². The van der Waals surface area contributed by atoms with Crippen LogP contribution in [0.2, 0.25) is 0 Å². The molecule has 0 aromatic heterocycles. The molecule has 0 fully saturated rings. The molecular weight excluding hydrogens is 127 g/mol. The van der Waals surface area contributed by atoms with Crippen molar-refractivity contribution in [2.45, 2.75) is 7.43 Å². The van der Waals surface area contributed by atoms with Crippen molar-refractivity contribution >= 4 is 8.41 Å². The lowest BCUT2D eigenvalue weighted by Gasteiger charge is -1.91. The molecule has 0 aliphatic rings. The van der Waals surface area contributed by atoms with E-state index in [1.165, 1.54) is 12.1 Å². The summed E-state index contributed by atoms with van der Waals surface area (Å²) < 4.78 is 0.